The Balaban J connectivity index is 2.00. The third-order valence-electron chi connectivity index (χ3n) is 5.21. The summed E-state index contributed by atoms with van der Waals surface area (Å²) in [6.07, 6.45) is -0.958. The molecule has 0 saturated heterocycles. The number of halogens is 1. The highest BCUT2D eigenvalue weighted by molar-refractivity contribution is 14.1. The Morgan fingerprint density at radius 2 is 1.72 bits per heavy atom. The number of hydrogen-bond acceptors (Lipinski definition) is 7. The van der Waals surface area contributed by atoms with Gasteiger partial charge in [0.1, 0.15) is 6.07 Å². The number of rotatable bonds is 5. The second kappa shape index (κ2) is 8.72. The number of nitriles is 1. The molecule has 0 radical (unpaired) electrons. The van der Waals surface area contributed by atoms with Gasteiger partial charge >= 0.3 is 0 Å². The van der Waals surface area contributed by atoms with Crippen LogP contribution >= 0.6 is 22.6 Å². The van der Waals surface area contributed by atoms with E-state index < -0.39 is 6.23 Å². The number of fused-ring (bicyclic) bond motifs is 1. The zero-order valence-electron chi connectivity index (χ0n) is 18.0. The maximum atomic E-state index is 9.93. The van der Waals surface area contributed by atoms with Crippen LogP contribution in [0.25, 0.3) is 11.3 Å². The highest BCUT2D eigenvalue weighted by atomic mass is 127. The van der Waals surface area contributed by atoms with E-state index in [1.54, 1.807) is 31.0 Å². The summed E-state index contributed by atoms with van der Waals surface area (Å²) in [7, 11) is 4.63. The largest absolute Gasteiger partial charge is 0.493 e. The monoisotopic (exact) mass is 544 g/mol. The number of nitrogens with zero attached hydrogens (tertiary/aromatic N) is 3. The van der Waals surface area contributed by atoms with E-state index >= 15 is 0 Å². The molecule has 2 N–H and O–H groups in total. The molecule has 0 saturated carbocycles. The molecule has 0 spiro atoms. The quantitative estimate of drug-likeness (QED) is 0.488. The minimum absolute atomic E-state index is 0.289. The highest BCUT2D eigenvalue weighted by Gasteiger charge is 2.34. The molecule has 1 aliphatic heterocycles. The minimum Gasteiger partial charge on any atom is -0.493 e. The molecule has 1 atom stereocenters. The van der Waals surface area contributed by atoms with Crippen molar-refractivity contribution in [2.24, 2.45) is 5.73 Å². The van der Waals surface area contributed by atoms with E-state index in [-0.39, 0.29) is 5.57 Å². The van der Waals surface area contributed by atoms with E-state index in [1.165, 1.54) is 7.11 Å². The topological polar surface area (TPSA) is 105 Å². The summed E-state index contributed by atoms with van der Waals surface area (Å²) in [6, 6.07) is 13.7. The highest BCUT2D eigenvalue weighted by Crippen LogP contribution is 2.46. The van der Waals surface area contributed by atoms with Crippen molar-refractivity contribution < 1.29 is 18.9 Å². The van der Waals surface area contributed by atoms with Crippen molar-refractivity contribution in [3.05, 3.63) is 62.4 Å². The molecule has 164 valence electrons. The van der Waals surface area contributed by atoms with Crippen molar-refractivity contribution in [1.29, 1.82) is 5.26 Å². The summed E-state index contributed by atoms with van der Waals surface area (Å²) in [6.45, 7) is 1.87. The molecule has 8 nitrogen and oxygen atoms in total. The molecule has 1 aliphatic rings. The molecular formula is C23H21IN4O4. The van der Waals surface area contributed by atoms with Gasteiger partial charge in [0.2, 0.25) is 11.6 Å². The Morgan fingerprint density at radius 1 is 1.09 bits per heavy atom. The Hall–Kier alpha value is -3.23. The van der Waals surface area contributed by atoms with Crippen LogP contribution in [0.4, 0.5) is 0 Å². The molecule has 0 aliphatic carbocycles. The standard InChI is InChI=1S/C23H21IN4O4/c1-12-19-20(13-9-17(29-2)21(31-4)18(10-13)30-3)16(11-25)22(26)32-23(19)28(27-12)15-7-5-14(24)6-8-15/h5-10,22H,26H2,1-4H3. The summed E-state index contributed by atoms with van der Waals surface area (Å²) >= 11 is 2.25. The van der Waals surface area contributed by atoms with Gasteiger partial charge in [0.05, 0.1) is 43.8 Å². The fraction of sp³-hybridized carbons (Fsp3) is 0.217. The van der Waals surface area contributed by atoms with Crippen molar-refractivity contribution in [2.75, 3.05) is 21.3 Å². The molecule has 2 aromatic carbocycles. The van der Waals surface area contributed by atoms with Crippen LogP contribution in [-0.4, -0.2) is 37.3 Å². The van der Waals surface area contributed by atoms with Gasteiger partial charge in [-0.25, -0.2) is 4.68 Å². The van der Waals surface area contributed by atoms with Gasteiger partial charge in [-0.1, -0.05) is 0 Å². The molecule has 1 unspecified atom stereocenters. The summed E-state index contributed by atoms with van der Waals surface area (Å²) in [5.41, 5.74) is 10.1. The SMILES string of the molecule is COc1cc(C2=C(C#N)C(N)Oc3c2c(C)nn3-c2ccc(I)cc2)cc(OC)c1OC. The first-order valence-electron chi connectivity index (χ1n) is 9.66. The predicted molar refractivity (Wildman–Crippen MR) is 127 cm³/mol. The lowest BCUT2D eigenvalue weighted by Gasteiger charge is -2.25. The first kappa shape index (κ1) is 22.0. The van der Waals surface area contributed by atoms with Gasteiger partial charge in [-0.15, -0.1) is 0 Å². The molecule has 0 amide bonds. The Labute approximate surface area is 199 Å². The predicted octanol–water partition coefficient (Wildman–Crippen LogP) is 3.81. The van der Waals surface area contributed by atoms with Crippen LogP contribution < -0.4 is 24.7 Å². The number of hydrogen-bond donors (Lipinski definition) is 1. The minimum atomic E-state index is -0.958. The van der Waals surface area contributed by atoms with Crippen LogP contribution in [-0.2, 0) is 0 Å². The van der Waals surface area contributed by atoms with E-state index in [2.05, 4.69) is 28.7 Å². The zero-order valence-corrected chi connectivity index (χ0v) is 20.1. The Bertz CT molecular complexity index is 1230. The van der Waals surface area contributed by atoms with Gasteiger partial charge in [-0.2, -0.15) is 10.4 Å². The van der Waals surface area contributed by atoms with Crippen molar-refractivity contribution in [3.8, 4) is 34.9 Å². The third kappa shape index (κ3) is 3.55. The van der Waals surface area contributed by atoms with Gasteiger partial charge in [0.15, 0.2) is 17.7 Å². The fourth-order valence-corrected chi connectivity index (χ4v) is 4.12. The molecule has 2 heterocycles. The second-order valence-corrected chi connectivity index (χ2v) is 8.25. The van der Waals surface area contributed by atoms with E-state index in [0.717, 1.165) is 9.26 Å². The van der Waals surface area contributed by atoms with Gasteiger partial charge in [0, 0.05) is 9.14 Å². The number of ether oxygens (including phenoxy) is 4. The maximum Gasteiger partial charge on any atom is 0.226 e. The van der Waals surface area contributed by atoms with Crippen molar-refractivity contribution >= 4 is 28.2 Å². The van der Waals surface area contributed by atoms with Gasteiger partial charge in [-0.05, 0) is 71.5 Å². The van der Waals surface area contributed by atoms with Crippen LogP contribution in [0.5, 0.6) is 23.1 Å². The van der Waals surface area contributed by atoms with Crippen LogP contribution in [0.3, 0.4) is 0 Å². The van der Waals surface area contributed by atoms with E-state index in [1.807, 2.05) is 31.2 Å². The third-order valence-corrected chi connectivity index (χ3v) is 5.92. The number of aryl methyl sites for hydroxylation is 1. The molecule has 0 fully saturated rings. The molecule has 32 heavy (non-hydrogen) atoms. The summed E-state index contributed by atoms with van der Waals surface area (Å²) < 4.78 is 25.3. The normalized spacial score (nSPS) is 15.0. The summed E-state index contributed by atoms with van der Waals surface area (Å²) in [5.74, 6) is 1.87. The van der Waals surface area contributed by atoms with Crippen LogP contribution in [0.15, 0.2) is 42.0 Å². The smallest absolute Gasteiger partial charge is 0.226 e. The van der Waals surface area contributed by atoms with Gasteiger partial charge in [-0.3, -0.25) is 5.73 Å². The fourth-order valence-electron chi connectivity index (χ4n) is 3.76. The summed E-state index contributed by atoms with van der Waals surface area (Å²) in [5, 5.41) is 14.6. The lowest BCUT2D eigenvalue weighted by molar-refractivity contribution is 0.228. The number of benzene rings is 2. The van der Waals surface area contributed by atoms with Crippen molar-refractivity contribution in [3.63, 3.8) is 0 Å². The van der Waals surface area contributed by atoms with Crippen LogP contribution in [0.2, 0.25) is 0 Å². The van der Waals surface area contributed by atoms with Gasteiger partial charge < -0.3 is 18.9 Å². The first-order valence-corrected chi connectivity index (χ1v) is 10.7. The maximum absolute atomic E-state index is 9.93. The molecular weight excluding hydrogens is 523 g/mol. The first-order chi connectivity index (χ1) is 15.4. The Kier molecular flexibility index (Phi) is 5.99. The van der Waals surface area contributed by atoms with E-state index in [9.17, 15) is 5.26 Å². The molecule has 3 aromatic rings. The zero-order chi connectivity index (χ0) is 23.0. The van der Waals surface area contributed by atoms with Crippen LogP contribution in [0.1, 0.15) is 16.8 Å². The number of aromatic nitrogens is 2. The lowest BCUT2D eigenvalue weighted by Crippen LogP contribution is -2.33. The molecule has 1 aromatic heterocycles. The number of nitrogens with two attached hydrogens (primary N) is 1. The van der Waals surface area contributed by atoms with E-state index in [0.29, 0.717) is 45.5 Å². The Morgan fingerprint density at radius 3 is 2.25 bits per heavy atom. The molecule has 4 rings (SSSR count). The summed E-state index contributed by atoms with van der Waals surface area (Å²) in [4.78, 5) is 0. The average molecular weight is 544 g/mol. The molecule has 0 bridgehead atoms. The number of methoxy groups -OCH3 is 3. The van der Waals surface area contributed by atoms with Crippen molar-refractivity contribution in [2.45, 2.75) is 13.2 Å². The average Bonchev–Trinajstić information content (AvgIpc) is 3.13. The van der Waals surface area contributed by atoms with Gasteiger partial charge in [0.25, 0.3) is 0 Å². The lowest BCUT2D eigenvalue weighted by atomic mass is 9.90. The second-order valence-electron chi connectivity index (χ2n) is 7.01. The molecule has 9 heteroatoms. The van der Waals surface area contributed by atoms with Crippen LogP contribution in [0, 0.1) is 21.8 Å². The van der Waals surface area contributed by atoms with Crippen molar-refractivity contribution in [1.82, 2.24) is 9.78 Å². The van der Waals surface area contributed by atoms with E-state index in [4.69, 9.17) is 29.8 Å².